The predicted octanol–water partition coefficient (Wildman–Crippen LogP) is 1.34. The van der Waals surface area contributed by atoms with Crippen molar-refractivity contribution < 1.29 is 9.59 Å². The summed E-state index contributed by atoms with van der Waals surface area (Å²) in [4.78, 5) is 30.4. The van der Waals surface area contributed by atoms with Gasteiger partial charge < -0.3 is 10.2 Å². The highest BCUT2D eigenvalue weighted by Crippen LogP contribution is 2.21. The first-order valence-corrected chi connectivity index (χ1v) is 7.04. The molecule has 2 amide bonds. The zero-order valence-electron chi connectivity index (χ0n) is 12.2. The average Bonchev–Trinajstić information content (AvgIpc) is 2.43. The van der Waals surface area contributed by atoms with Crippen molar-refractivity contribution in [2.24, 2.45) is 5.92 Å². The first kappa shape index (κ1) is 14.5. The SMILES string of the molecule is CCC1NC(=O)C(C(C)C)N(Cc2ccncc2)C1=O. The van der Waals surface area contributed by atoms with Crippen molar-refractivity contribution in [3.63, 3.8) is 0 Å². The minimum atomic E-state index is -0.404. The molecular formula is C15H21N3O2. The molecule has 1 aliphatic heterocycles. The second kappa shape index (κ2) is 6.03. The highest BCUT2D eigenvalue weighted by atomic mass is 16.2. The molecule has 1 aromatic rings. The van der Waals surface area contributed by atoms with Gasteiger partial charge in [-0.3, -0.25) is 14.6 Å². The lowest BCUT2D eigenvalue weighted by molar-refractivity contribution is -0.152. The van der Waals surface area contributed by atoms with E-state index in [1.807, 2.05) is 32.9 Å². The maximum absolute atomic E-state index is 12.5. The summed E-state index contributed by atoms with van der Waals surface area (Å²) >= 11 is 0. The Morgan fingerprint density at radius 2 is 1.95 bits per heavy atom. The molecule has 1 aliphatic rings. The summed E-state index contributed by atoms with van der Waals surface area (Å²) in [6, 6.07) is 2.94. The molecule has 0 bridgehead atoms. The van der Waals surface area contributed by atoms with Gasteiger partial charge in [-0.15, -0.1) is 0 Å². The lowest BCUT2D eigenvalue weighted by Gasteiger charge is -2.40. The fraction of sp³-hybridized carbons (Fsp3) is 0.533. The van der Waals surface area contributed by atoms with Crippen LogP contribution in [-0.2, 0) is 16.1 Å². The van der Waals surface area contributed by atoms with Gasteiger partial charge >= 0.3 is 0 Å². The molecule has 2 unspecified atom stereocenters. The molecule has 108 valence electrons. The molecule has 1 saturated heterocycles. The number of hydrogen-bond acceptors (Lipinski definition) is 3. The van der Waals surface area contributed by atoms with E-state index in [0.29, 0.717) is 13.0 Å². The number of aromatic nitrogens is 1. The van der Waals surface area contributed by atoms with Crippen molar-refractivity contribution >= 4 is 11.8 Å². The molecule has 5 nitrogen and oxygen atoms in total. The molecule has 1 aromatic heterocycles. The number of carbonyl (C=O) groups excluding carboxylic acids is 2. The third-order valence-corrected chi connectivity index (χ3v) is 3.64. The number of amides is 2. The maximum Gasteiger partial charge on any atom is 0.246 e. The zero-order valence-corrected chi connectivity index (χ0v) is 12.2. The summed E-state index contributed by atoms with van der Waals surface area (Å²) in [5.41, 5.74) is 0.989. The third kappa shape index (κ3) is 2.81. The second-order valence-corrected chi connectivity index (χ2v) is 5.48. The summed E-state index contributed by atoms with van der Waals surface area (Å²) in [7, 11) is 0. The Bertz CT molecular complexity index is 487. The van der Waals surface area contributed by atoms with Gasteiger partial charge in [-0.25, -0.2) is 0 Å². The molecule has 0 aromatic carbocycles. The molecule has 2 atom stereocenters. The van der Waals surface area contributed by atoms with E-state index in [1.165, 1.54) is 0 Å². The van der Waals surface area contributed by atoms with Crippen molar-refractivity contribution in [3.8, 4) is 0 Å². The Morgan fingerprint density at radius 1 is 1.30 bits per heavy atom. The molecule has 1 N–H and O–H groups in total. The van der Waals surface area contributed by atoms with Gasteiger partial charge in [0.05, 0.1) is 0 Å². The zero-order chi connectivity index (χ0) is 14.7. The number of hydrogen-bond donors (Lipinski definition) is 1. The van der Waals surface area contributed by atoms with Crippen molar-refractivity contribution in [2.45, 2.75) is 45.8 Å². The first-order valence-electron chi connectivity index (χ1n) is 7.04. The van der Waals surface area contributed by atoms with Crippen molar-refractivity contribution in [1.82, 2.24) is 15.2 Å². The predicted molar refractivity (Wildman–Crippen MR) is 75.6 cm³/mol. The van der Waals surface area contributed by atoms with Gasteiger partial charge in [-0.2, -0.15) is 0 Å². The Kier molecular flexibility index (Phi) is 4.37. The highest BCUT2D eigenvalue weighted by Gasteiger charge is 2.40. The largest absolute Gasteiger partial charge is 0.343 e. The van der Waals surface area contributed by atoms with Crippen molar-refractivity contribution in [2.75, 3.05) is 0 Å². The van der Waals surface area contributed by atoms with Crippen LogP contribution in [0.2, 0.25) is 0 Å². The summed E-state index contributed by atoms with van der Waals surface area (Å²) in [6.07, 6.45) is 4.01. The first-order chi connectivity index (χ1) is 9.54. The van der Waals surface area contributed by atoms with E-state index in [9.17, 15) is 9.59 Å². The molecule has 2 heterocycles. The maximum atomic E-state index is 12.5. The van der Waals surface area contributed by atoms with Crippen molar-refractivity contribution in [3.05, 3.63) is 30.1 Å². The summed E-state index contributed by atoms with van der Waals surface area (Å²) in [5.74, 6) is 0.0294. The van der Waals surface area contributed by atoms with Gasteiger partial charge in [0.1, 0.15) is 12.1 Å². The average molecular weight is 275 g/mol. The topological polar surface area (TPSA) is 62.3 Å². The fourth-order valence-corrected chi connectivity index (χ4v) is 2.60. The van der Waals surface area contributed by atoms with Gasteiger partial charge in [0, 0.05) is 18.9 Å². The standard InChI is InChI=1S/C15H21N3O2/c1-4-12-15(20)18(9-11-5-7-16-8-6-11)13(10(2)3)14(19)17-12/h5-8,10,12-13H,4,9H2,1-3H3,(H,17,19). The second-order valence-electron chi connectivity index (χ2n) is 5.48. The van der Waals surface area contributed by atoms with Crippen LogP contribution >= 0.6 is 0 Å². The van der Waals surface area contributed by atoms with Gasteiger partial charge in [0.2, 0.25) is 11.8 Å². The molecule has 2 rings (SSSR count). The Balaban J connectivity index is 2.27. The Labute approximate surface area is 119 Å². The van der Waals surface area contributed by atoms with E-state index in [4.69, 9.17) is 0 Å². The third-order valence-electron chi connectivity index (χ3n) is 3.64. The minimum absolute atomic E-state index is 0.00242. The normalized spacial score (nSPS) is 23.1. The number of pyridine rings is 1. The van der Waals surface area contributed by atoms with Crippen LogP contribution < -0.4 is 5.32 Å². The van der Waals surface area contributed by atoms with E-state index in [0.717, 1.165) is 5.56 Å². The lowest BCUT2D eigenvalue weighted by atomic mass is 9.95. The van der Waals surface area contributed by atoms with Crippen LogP contribution in [0.3, 0.4) is 0 Å². The molecule has 0 spiro atoms. The van der Waals surface area contributed by atoms with Crippen LogP contribution in [0, 0.1) is 5.92 Å². The van der Waals surface area contributed by atoms with Crippen molar-refractivity contribution in [1.29, 1.82) is 0 Å². The van der Waals surface area contributed by atoms with Gasteiger partial charge in [0.15, 0.2) is 0 Å². The van der Waals surface area contributed by atoms with Crippen LogP contribution in [0.1, 0.15) is 32.8 Å². The molecule has 1 fully saturated rings. The Morgan fingerprint density at radius 3 is 2.50 bits per heavy atom. The van der Waals surface area contributed by atoms with Crippen LogP contribution in [0.5, 0.6) is 0 Å². The van der Waals surface area contributed by atoms with Gasteiger partial charge in [-0.1, -0.05) is 20.8 Å². The monoisotopic (exact) mass is 275 g/mol. The quantitative estimate of drug-likeness (QED) is 0.902. The number of nitrogens with one attached hydrogen (secondary N) is 1. The molecular weight excluding hydrogens is 254 g/mol. The van der Waals surface area contributed by atoms with Crippen LogP contribution in [0.25, 0.3) is 0 Å². The summed E-state index contributed by atoms with van der Waals surface area (Å²) in [5, 5.41) is 2.82. The number of nitrogens with zero attached hydrogens (tertiary/aromatic N) is 2. The minimum Gasteiger partial charge on any atom is -0.343 e. The number of carbonyl (C=O) groups is 2. The van der Waals surface area contributed by atoms with Crippen LogP contribution in [0.15, 0.2) is 24.5 Å². The summed E-state index contributed by atoms with van der Waals surface area (Å²) in [6.45, 7) is 6.28. The van der Waals surface area contributed by atoms with E-state index in [2.05, 4.69) is 10.3 Å². The summed E-state index contributed by atoms with van der Waals surface area (Å²) < 4.78 is 0. The molecule has 5 heteroatoms. The smallest absolute Gasteiger partial charge is 0.246 e. The van der Waals surface area contributed by atoms with E-state index in [-0.39, 0.29) is 17.7 Å². The van der Waals surface area contributed by atoms with E-state index in [1.54, 1.807) is 17.3 Å². The fourth-order valence-electron chi connectivity index (χ4n) is 2.60. The number of piperazine rings is 1. The lowest BCUT2D eigenvalue weighted by Crippen LogP contribution is -2.64. The highest BCUT2D eigenvalue weighted by molar-refractivity contribution is 5.97. The molecule has 20 heavy (non-hydrogen) atoms. The van der Waals surface area contributed by atoms with Gasteiger partial charge in [0.25, 0.3) is 0 Å². The van der Waals surface area contributed by atoms with Crippen LogP contribution in [-0.4, -0.2) is 33.8 Å². The van der Waals surface area contributed by atoms with Gasteiger partial charge in [-0.05, 0) is 30.0 Å². The van der Waals surface area contributed by atoms with Crippen LogP contribution in [0.4, 0.5) is 0 Å². The molecule has 0 aliphatic carbocycles. The Hall–Kier alpha value is -1.91. The molecule has 0 radical (unpaired) electrons. The number of rotatable bonds is 4. The molecule has 0 saturated carbocycles. The van der Waals surface area contributed by atoms with E-state index >= 15 is 0 Å². The van der Waals surface area contributed by atoms with E-state index < -0.39 is 12.1 Å².